The van der Waals surface area contributed by atoms with Crippen molar-refractivity contribution in [2.24, 2.45) is 7.05 Å². The maximum Gasteiger partial charge on any atom is 0.279 e. The third-order valence-electron chi connectivity index (χ3n) is 5.41. The topological polar surface area (TPSA) is 86.3 Å². The van der Waals surface area contributed by atoms with E-state index in [0.717, 1.165) is 11.3 Å². The van der Waals surface area contributed by atoms with Gasteiger partial charge in [0.15, 0.2) is 12.3 Å². The molecule has 1 amide bonds. The highest BCUT2D eigenvalue weighted by Crippen LogP contribution is 2.30. The van der Waals surface area contributed by atoms with E-state index in [1.807, 2.05) is 37.4 Å². The lowest BCUT2D eigenvalue weighted by Crippen LogP contribution is -2.39. The second-order valence-electron chi connectivity index (χ2n) is 7.50. The Hall–Kier alpha value is -4.01. The van der Waals surface area contributed by atoms with Crippen LogP contribution in [-0.2, 0) is 24.8 Å². The van der Waals surface area contributed by atoms with Crippen LogP contribution in [0, 0.1) is 5.82 Å². The fourth-order valence-electron chi connectivity index (χ4n) is 3.79. The summed E-state index contributed by atoms with van der Waals surface area (Å²) in [5.41, 5.74) is 2.92. The van der Waals surface area contributed by atoms with Gasteiger partial charge in [0.25, 0.3) is 11.8 Å². The molecule has 162 valence electrons. The molecule has 0 bridgehead atoms. The monoisotopic (exact) mass is 433 g/mol. The SMILES string of the molecule is Cn1nc(-c2nc(-c3cccc(F)c3)no2)c2c1CCN(C(=O)COc1ccccc1)C2. The molecule has 3 heterocycles. The Morgan fingerprint density at radius 2 is 2.03 bits per heavy atom. The van der Waals surface area contributed by atoms with E-state index in [1.165, 1.54) is 12.1 Å². The molecule has 0 N–H and O–H groups in total. The Labute approximate surface area is 183 Å². The maximum absolute atomic E-state index is 13.6. The lowest BCUT2D eigenvalue weighted by atomic mass is 10.0. The number of fused-ring (bicyclic) bond motifs is 1. The number of para-hydroxylation sites is 1. The van der Waals surface area contributed by atoms with Crippen LogP contribution in [0.3, 0.4) is 0 Å². The average molecular weight is 433 g/mol. The summed E-state index contributed by atoms with van der Waals surface area (Å²) in [4.78, 5) is 18.9. The third-order valence-corrected chi connectivity index (χ3v) is 5.41. The molecule has 0 saturated carbocycles. The van der Waals surface area contributed by atoms with Gasteiger partial charge in [0.1, 0.15) is 11.6 Å². The number of rotatable bonds is 5. The molecule has 0 atom stereocenters. The van der Waals surface area contributed by atoms with Crippen LogP contribution < -0.4 is 4.74 Å². The molecule has 0 fully saturated rings. The summed E-state index contributed by atoms with van der Waals surface area (Å²) in [6.07, 6.45) is 0.654. The minimum atomic E-state index is -0.379. The molecule has 0 unspecified atom stereocenters. The predicted octanol–water partition coefficient (Wildman–Crippen LogP) is 3.24. The summed E-state index contributed by atoms with van der Waals surface area (Å²) in [7, 11) is 1.85. The van der Waals surface area contributed by atoms with E-state index in [9.17, 15) is 9.18 Å². The van der Waals surface area contributed by atoms with E-state index < -0.39 is 0 Å². The molecule has 0 aliphatic carbocycles. The Kier molecular flexibility index (Phi) is 5.14. The standard InChI is InChI=1S/C23H20FN5O3/c1-28-19-10-11-29(20(30)14-31-17-8-3-2-4-9-17)13-18(19)21(26-28)23-25-22(27-32-23)15-6-5-7-16(24)12-15/h2-9,12H,10-11,13-14H2,1H3. The molecule has 8 nitrogen and oxygen atoms in total. The second-order valence-corrected chi connectivity index (χ2v) is 7.50. The van der Waals surface area contributed by atoms with Gasteiger partial charge in [-0.1, -0.05) is 35.5 Å². The number of aryl methyl sites for hydroxylation is 1. The van der Waals surface area contributed by atoms with Crippen LogP contribution in [0.1, 0.15) is 11.3 Å². The van der Waals surface area contributed by atoms with Gasteiger partial charge in [-0.05, 0) is 24.3 Å². The Morgan fingerprint density at radius 3 is 2.84 bits per heavy atom. The number of benzene rings is 2. The molecule has 0 spiro atoms. The Morgan fingerprint density at radius 1 is 1.19 bits per heavy atom. The number of aromatic nitrogens is 4. The Balaban J connectivity index is 1.36. The first-order chi connectivity index (χ1) is 15.6. The van der Waals surface area contributed by atoms with Crippen molar-refractivity contribution >= 4 is 5.91 Å². The predicted molar refractivity (Wildman–Crippen MR) is 113 cm³/mol. The average Bonchev–Trinajstić information content (AvgIpc) is 3.43. The summed E-state index contributed by atoms with van der Waals surface area (Å²) in [5, 5.41) is 8.53. The molecule has 1 aliphatic rings. The summed E-state index contributed by atoms with van der Waals surface area (Å²) in [6.45, 7) is 0.897. The third kappa shape index (κ3) is 3.84. The van der Waals surface area contributed by atoms with Gasteiger partial charge in [-0.25, -0.2) is 4.39 Å². The lowest BCUT2D eigenvalue weighted by molar-refractivity contribution is -0.134. The van der Waals surface area contributed by atoms with E-state index in [1.54, 1.807) is 21.7 Å². The lowest BCUT2D eigenvalue weighted by Gasteiger charge is -2.27. The van der Waals surface area contributed by atoms with Gasteiger partial charge in [0.2, 0.25) is 5.82 Å². The molecule has 1 aliphatic heterocycles. The van der Waals surface area contributed by atoms with Crippen molar-refractivity contribution in [2.75, 3.05) is 13.2 Å². The van der Waals surface area contributed by atoms with Crippen molar-refractivity contribution in [1.29, 1.82) is 0 Å². The van der Waals surface area contributed by atoms with Gasteiger partial charge >= 0.3 is 0 Å². The molecule has 32 heavy (non-hydrogen) atoms. The number of hydrogen-bond acceptors (Lipinski definition) is 6. The van der Waals surface area contributed by atoms with E-state index in [-0.39, 0.29) is 30.0 Å². The van der Waals surface area contributed by atoms with Crippen molar-refractivity contribution in [3.63, 3.8) is 0 Å². The minimum Gasteiger partial charge on any atom is -0.484 e. The highest BCUT2D eigenvalue weighted by atomic mass is 19.1. The van der Waals surface area contributed by atoms with Crippen LogP contribution in [-0.4, -0.2) is 43.9 Å². The molecule has 2 aromatic carbocycles. The van der Waals surface area contributed by atoms with E-state index in [2.05, 4.69) is 15.2 Å². The molecular formula is C23H20FN5O3. The highest BCUT2D eigenvalue weighted by molar-refractivity contribution is 5.78. The van der Waals surface area contributed by atoms with Crippen LogP contribution in [0.15, 0.2) is 59.1 Å². The van der Waals surface area contributed by atoms with E-state index in [0.29, 0.717) is 36.5 Å². The molecule has 4 aromatic rings. The first-order valence-corrected chi connectivity index (χ1v) is 10.2. The van der Waals surface area contributed by atoms with Crippen molar-refractivity contribution in [3.8, 4) is 28.7 Å². The zero-order valence-electron chi connectivity index (χ0n) is 17.4. The normalized spacial score (nSPS) is 13.1. The molecule has 9 heteroatoms. The molecule has 0 saturated heterocycles. The number of halogens is 1. The number of hydrogen-bond donors (Lipinski definition) is 0. The number of carbonyl (C=O) groups excluding carboxylic acids is 1. The minimum absolute atomic E-state index is 0.0424. The fourth-order valence-corrected chi connectivity index (χ4v) is 3.79. The van der Waals surface area contributed by atoms with Gasteiger partial charge in [0, 0.05) is 43.4 Å². The number of carbonyl (C=O) groups is 1. The van der Waals surface area contributed by atoms with Crippen molar-refractivity contribution in [3.05, 3.63) is 71.7 Å². The zero-order chi connectivity index (χ0) is 22.1. The molecule has 5 rings (SSSR count). The van der Waals surface area contributed by atoms with Crippen molar-refractivity contribution < 1.29 is 18.4 Å². The summed E-state index contributed by atoms with van der Waals surface area (Å²) >= 11 is 0. The highest BCUT2D eigenvalue weighted by Gasteiger charge is 2.29. The van der Waals surface area contributed by atoms with E-state index >= 15 is 0 Å². The molecule has 2 aromatic heterocycles. The van der Waals surface area contributed by atoms with Crippen molar-refractivity contribution in [1.82, 2.24) is 24.8 Å². The van der Waals surface area contributed by atoms with E-state index in [4.69, 9.17) is 9.26 Å². The van der Waals surface area contributed by atoms with Gasteiger partial charge in [0.05, 0.1) is 0 Å². The quantitative estimate of drug-likeness (QED) is 0.480. The van der Waals surface area contributed by atoms with Crippen LogP contribution >= 0.6 is 0 Å². The molecular weight excluding hydrogens is 413 g/mol. The first-order valence-electron chi connectivity index (χ1n) is 10.2. The summed E-state index contributed by atoms with van der Waals surface area (Å²) in [6, 6.07) is 15.2. The summed E-state index contributed by atoms with van der Waals surface area (Å²) in [5.74, 6) is 0.669. The Bertz CT molecular complexity index is 1270. The fraction of sp³-hybridized carbons (Fsp3) is 0.217. The van der Waals surface area contributed by atoms with Crippen LogP contribution in [0.25, 0.3) is 23.0 Å². The smallest absolute Gasteiger partial charge is 0.279 e. The molecule has 0 radical (unpaired) electrons. The maximum atomic E-state index is 13.6. The zero-order valence-corrected chi connectivity index (χ0v) is 17.4. The van der Waals surface area contributed by atoms with Gasteiger partial charge in [-0.3, -0.25) is 9.48 Å². The first kappa shape index (κ1) is 19.9. The van der Waals surface area contributed by atoms with Crippen LogP contribution in [0.4, 0.5) is 4.39 Å². The van der Waals surface area contributed by atoms with Gasteiger partial charge in [-0.15, -0.1) is 0 Å². The summed E-state index contributed by atoms with van der Waals surface area (Å²) < 4.78 is 26.4. The number of nitrogens with zero attached hydrogens (tertiary/aromatic N) is 5. The van der Waals surface area contributed by atoms with Crippen molar-refractivity contribution in [2.45, 2.75) is 13.0 Å². The second kappa shape index (κ2) is 8.26. The van der Waals surface area contributed by atoms with Crippen LogP contribution in [0.5, 0.6) is 5.75 Å². The van der Waals surface area contributed by atoms with Gasteiger partial charge < -0.3 is 14.2 Å². The largest absolute Gasteiger partial charge is 0.484 e. The van der Waals surface area contributed by atoms with Crippen LogP contribution in [0.2, 0.25) is 0 Å². The number of amides is 1. The van der Waals surface area contributed by atoms with Gasteiger partial charge in [-0.2, -0.15) is 10.1 Å². The number of ether oxygens (including phenoxy) is 1.